The Labute approximate surface area is 189 Å². The number of carbonyl (C=O) groups is 2. The van der Waals surface area contributed by atoms with Crippen LogP contribution in [-0.2, 0) is 22.6 Å². The summed E-state index contributed by atoms with van der Waals surface area (Å²) in [6, 6.07) is 16.4. The molecular weight excluding hydrogens is 426 g/mol. The summed E-state index contributed by atoms with van der Waals surface area (Å²) in [7, 11) is 0. The molecule has 2 heterocycles. The van der Waals surface area contributed by atoms with Crippen LogP contribution in [0.2, 0.25) is 0 Å². The molecule has 0 bridgehead atoms. The minimum absolute atomic E-state index is 0.0462. The summed E-state index contributed by atoms with van der Waals surface area (Å²) in [4.78, 5) is 27.4. The Morgan fingerprint density at radius 2 is 1.88 bits per heavy atom. The van der Waals surface area contributed by atoms with Crippen LogP contribution in [0.1, 0.15) is 12.5 Å². The fraction of sp³-hybridized carbons (Fsp3) is 0.217. The summed E-state index contributed by atoms with van der Waals surface area (Å²) >= 11 is 1.24. The Bertz CT molecular complexity index is 1230. The summed E-state index contributed by atoms with van der Waals surface area (Å²) in [5.41, 5.74) is 2.73. The summed E-state index contributed by atoms with van der Waals surface area (Å²) in [6.45, 7) is 2.64. The summed E-state index contributed by atoms with van der Waals surface area (Å²) in [5.74, 6) is -0.658. The van der Waals surface area contributed by atoms with E-state index >= 15 is 0 Å². The van der Waals surface area contributed by atoms with Crippen LogP contribution >= 0.6 is 11.8 Å². The van der Waals surface area contributed by atoms with Gasteiger partial charge in [0.15, 0.2) is 11.0 Å². The van der Waals surface area contributed by atoms with Crippen molar-refractivity contribution in [2.24, 2.45) is 0 Å². The van der Waals surface area contributed by atoms with E-state index in [0.717, 1.165) is 27.9 Å². The smallest absolute Gasteiger partial charge is 0.326 e. The molecule has 9 heteroatoms. The predicted molar refractivity (Wildman–Crippen MR) is 123 cm³/mol. The van der Waals surface area contributed by atoms with Gasteiger partial charge in [0, 0.05) is 35.6 Å². The van der Waals surface area contributed by atoms with Crippen LogP contribution in [-0.4, -0.2) is 48.5 Å². The van der Waals surface area contributed by atoms with Crippen LogP contribution in [0.3, 0.4) is 0 Å². The number of aliphatic carboxylic acids is 1. The number of amides is 1. The van der Waals surface area contributed by atoms with Gasteiger partial charge in [0.2, 0.25) is 5.91 Å². The number of rotatable bonds is 9. The number of fused-ring (bicyclic) bond motifs is 1. The number of H-pyrrole nitrogens is 1. The van der Waals surface area contributed by atoms with Gasteiger partial charge in [-0.05, 0) is 18.6 Å². The minimum Gasteiger partial charge on any atom is -0.480 e. The lowest BCUT2D eigenvalue weighted by Crippen LogP contribution is -2.43. The van der Waals surface area contributed by atoms with E-state index in [9.17, 15) is 14.7 Å². The van der Waals surface area contributed by atoms with Gasteiger partial charge in [0.1, 0.15) is 6.04 Å². The largest absolute Gasteiger partial charge is 0.480 e. The molecule has 4 aromatic rings. The van der Waals surface area contributed by atoms with Gasteiger partial charge in [-0.3, -0.25) is 4.79 Å². The molecule has 3 N–H and O–H groups in total. The van der Waals surface area contributed by atoms with Gasteiger partial charge in [-0.2, -0.15) is 0 Å². The first-order chi connectivity index (χ1) is 15.6. The van der Waals surface area contributed by atoms with Crippen LogP contribution in [0.5, 0.6) is 0 Å². The van der Waals surface area contributed by atoms with Gasteiger partial charge in [0.25, 0.3) is 0 Å². The lowest BCUT2D eigenvalue weighted by atomic mass is 10.1. The third-order valence-corrected chi connectivity index (χ3v) is 6.10. The Balaban J connectivity index is 1.41. The summed E-state index contributed by atoms with van der Waals surface area (Å²) in [5, 5.41) is 22.3. The molecule has 0 saturated heterocycles. The number of carboxylic acid groups (broad SMARTS) is 1. The number of thioether (sulfide) groups is 1. The molecule has 0 unspecified atom stereocenters. The normalized spacial score (nSPS) is 12.0. The number of benzene rings is 2. The van der Waals surface area contributed by atoms with Crippen LogP contribution in [0.25, 0.3) is 22.3 Å². The van der Waals surface area contributed by atoms with Crippen molar-refractivity contribution >= 4 is 34.5 Å². The Morgan fingerprint density at radius 1 is 1.12 bits per heavy atom. The second-order valence-corrected chi connectivity index (χ2v) is 8.17. The maximum atomic E-state index is 12.5. The fourth-order valence-corrected chi connectivity index (χ4v) is 4.38. The zero-order chi connectivity index (χ0) is 22.5. The highest BCUT2D eigenvalue weighted by atomic mass is 32.2. The number of carbonyl (C=O) groups excluding carboxylic acids is 1. The minimum atomic E-state index is -1.07. The molecule has 4 rings (SSSR count). The maximum Gasteiger partial charge on any atom is 0.326 e. The molecule has 164 valence electrons. The van der Waals surface area contributed by atoms with Gasteiger partial charge < -0.3 is 20.0 Å². The number of aromatic amines is 1. The summed E-state index contributed by atoms with van der Waals surface area (Å²) in [6.07, 6.45) is 1.98. The monoisotopic (exact) mass is 449 g/mol. The number of hydrogen-bond donors (Lipinski definition) is 3. The van der Waals surface area contributed by atoms with E-state index in [2.05, 4.69) is 20.5 Å². The second kappa shape index (κ2) is 9.69. The Morgan fingerprint density at radius 3 is 2.62 bits per heavy atom. The van der Waals surface area contributed by atoms with Crippen molar-refractivity contribution in [3.63, 3.8) is 0 Å². The highest BCUT2D eigenvalue weighted by Crippen LogP contribution is 2.24. The maximum absolute atomic E-state index is 12.5. The molecule has 1 amide bonds. The molecule has 2 aromatic heterocycles. The van der Waals surface area contributed by atoms with Crippen molar-refractivity contribution in [1.29, 1.82) is 0 Å². The van der Waals surface area contributed by atoms with Gasteiger partial charge in [-0.15, -0.1) is 10.2 Å². The van der Waals surface area contributed by atoms with E-state index in [-0.39, 0.29) is 18.1 Å². The van der Waals surface area contributed by atoms with Crippen molar-refractivity contribution < 1.29 is 14.7 Å². The highest BCUT2D eigenvalue weighted by Gasteiger charge is 2.22. The predicted octanol–water partition coefficient (Wildman–Crippen LogP) is 3.35. The first-order valence-electron chi connectivity index (χ1n) is 10.3. The third kappa shape index (κ3) is 4.67. The number of para-hydroxylation sites is 1. The molecule has 0 spiro atoms. The number of carboxylic acids is 1. The van der Waals surface area contributed by atoms with Crippen molar-refractivity contribution in [2.75, 3.05) is 5.75 Å². The number of hydrogen-bond acceptors (Lipinski definition) is 5. The first kappa shape index (κ1) is 21.6. The topological polar surface area (TPSA) is 113 Å². The van der Waals surface area contributed by atoms with Crippen molar-refractivity contribution in [1.82, 2.24) is 25.1 Å². The zero-order valence-electron chi connectivity index (χ0n) is 17.5. The van der Waals surface area contributed by atoms with Crippen LogP contribution < -0.4 is 5.32 Å². The molecule has 2 aromatic carbocycles. The third-order valence-electron chi connectivity index (χ3n) is 5.13. The summed E-state index contributed by atoms with van der Waals surface area (Å²) < 4.78 is 1.94. The molecule has 0 aliphatic rings. The van der Waals surface area contributed by atoms with Gasteiger partial charge in [-0.25, -0.2) is 4.79 Å². The van der Waals surface area contributed by atoms with Crippen molar-refractivity contribution in [2.45, 2.75) is 31.1 Å². The second-order valence-electron chi connectivity index (χ2n) is 7.23. The van der Waals surface area contributed by atoms with Crippen LogP contribution in [0.4, 0.5) is 0 Å². The average molecular weight is 450 g/mol. The molecule has 0 radical (unpaired) electrons. The zero-order valence-corrected chi connectivity index (χ0v) is 18.3. The number of aromatic nitrogens is 4. The highest BCUT2D eigenvalue weighted by molar-refractivity contribution is 7.99. The Hall–Kier alpha value is -3.59. The lowest BCUT2D eigenvalue weighted by Gasteiger charge is -2.14. The van der Waals surface area contributed by atoms with E-state index in [1.165, 1.54) is 11.8 Å². The molecule has 0 saturated carbocycles. The quantitative estimate of drug-likeness (QED) is 0.338. The van der Waals surface area contributed by atoms with Crippen molar-refractivity contribution in [3.05, 3.63) is 66.4 Å². The van der Waals surface area contributed by atoms with E-state index < -0.39 is 12.0 Å². The van der Waals surface area contributed by atoms with E-state index in [1.807, 2.05) is 66.1 Å². The van der Waals surface area contributed by atoms with Crippen molar-refractivity contribution in [3.8, 4) is 11.4 Å². The number of nitrogens with one attached hydrogen (secondary N) is 2. The van der Waals surface area contributed by atoms with Crippen LogP contribution in [0.15, 0.2) is 66.0 Å². The average Bonchev–Trinajstić information content (AvgIpc) is 3.41. The Kier molecular flexibility index (Phi) is 6.55. The molecule has 0 aliphatic heterocycles. The first-order valence-corrected chi connectivity index (χ1v) is 11.2. The number of nitrogens with zero attached hydrogens (tertiary/aromatic N) is 3. The SMILES string of the molecule is CCn1c(SCC(=O)N[C@@H](Cc2c[nH]c3ccccc23)C(=O)O)nnc1-c1ccccc1. The molecule has 1 atom stereocenters. The van der Waals surface area contributed by atoms with Gasteiger partial charge in [-0.1, -0.05) is 60.3 Å². The molecule has 8 nitrogen and oxygen atoms in total. The van der Waals surface area contributed by atoms with E-state index in [1.54, 1.807) is 6.20 Å². The molecule has 0 aliphatic carbocycles. The van der Waals surface area contributed by atoms with Crippen LogP contribution in [0, 0.1) is 0 Å². The van der Waals surface area contributed by atoms with E-state index in [4.69, 9.17) is 0 Å². The fourth-order valence-electron chi connectivity index (χ4n) is 3.57. The molecular formula is C23H23N5O3S. The molecule has 0 fully saturated rings. The van der Waals surface area contributed by atoms with Gasteiger partial charge >= 0.3 is 5.97 Å². The standard InChI is InChI=1S/C23H23N5O3S/c1-2-28-21(15-8-4-3-5-9-15)26-27-23(28)32-14-20(29)25-19(22(30)31)12-16-13-24-18-11-7-6-10-17(16)18/h3-11,13,19,24H,2,12,14H2,1H3,(H,25,29)(H,30,31)/t19-/m0/s1. The van der Waals surface area contributed by atoms with Gasteiger partial charge in [0.05, 0.1) is 5.75 Å². The molecule has 32 heavy (non-hydrogen) atoms. The van der Waals surface area contributed by atoms with E-state index in [0.29, 0.717) is 11.7 Å². The lowest BCUT2D eigenvalue weighted by molar-refractivity contribution is -0.141.